The molecule has 0 saturated carbocycles. The normalized spacial score (nSPS) is 11.5. The van der Waals surface area contributed by atoms with Crippen LogP contribution in [0.4, 0.5) is 0 Å². The van der Waals surface area contributed by atoms with Gasteiger partial charge in [-0.15, -0.1) is 0 Å². The van der Waals surface area contributed by atoms with Gasteiger partial charge in [0.15, 0.2) is 0 Å². The third kappa shape index (κ3) is 5.50. The Morgan fingerprint density at radius 2 is 1.80 bits per heavy atom. The van der Waals surface area contributed by atoms with Crippen molar-refractivity contribution in [3.05, 3.63) is 64.7 Å². The molecule has 0 radical (unpaired) electrons. The van der Waals surface area contributed by atoms with Crippen LogP contribution in [0.1, 0.15) is 11.1 Å². The maximum Gasteiger partial charge on any atom is 0.328 e. The zero-order chi connectivity index (χ0) is 18.2. The van der Waals surface area contributed by atoms with Crippen molar-refractivity contribution in [1.82, 2.24) is 5.32 Å². The van der Waals surface area contributed by atoms with Crippen LogP contribution in [0.2, 0.25) is 5.02 Å². The first-order valence-electron chi connectivity index (χ1n) is 7.77. The SMILES string of the molecule is COC(=O)[C@H](Cc1ccc(OC)c(Cl)c1)NC(=O)Cc1ccccc1. The highest BCUT2D eigenvalue weighted by molar-refractivity contribution is 6.32. The minimum Gasteiger partial charge on any atom is -0.495 e. The minimum atomic E-state index is -0.786. The standard InChI is InChI=1S/C19H20ClNO4/c1-24-17-9-8-14(10-15(17)20)11-16(19(23)25-2)21-18(22)12-13-6-4-3-5-7-13/h3-10,16H,11-12H2,1-2H3,(H,21,22)/t16-/m0/s1. The van der Waals surface area contributed by atoms with Gasteiger partial charge in [0, 0.05) is 6.42 Å². The maximum absolute atomic E-state index is 12.2. The van der Waals surface area contributed by atoms with Crippen LogP contribution in [0.5, 0.6) is 5.75 Å². The lowest BCUT2D eigenvalue weighted by Crippen LogP contribution is -2.43. The first-order chi connectivity index (χ1) is 12.0. The van der Waals surface area contributed by atoms with Crippen LogP contribution in [0.3, 0.4) is 0 Å². The molecule has 0 unspecified atom stereocenters. The van der Waals surface area contributed by atoms with Gasteiger partial charge in [0.25, 0.3) is 0 Å². The molecule has 0 aliphatic heterocycles. The van der Waals surface area contributed by atoms with E-state index in [-0.39, 0.29) is 18.7 Å². The summed E-state index contributed by atoms with van der Waals surface area (Å²) in [7, 11) is 2.82. The zero-order valence-electron chi connectivity index (χ0n) is 14.1. The number of benzene rings is 2. The Hall–Kier alpha value is -2.53. The molecule has 2 rings (SSSR count). The van der Waals surface area contributed by atoms with Gasteiger partial charge >= 0.3 is 5.97 Å². The molecule has 1 atom stereocenters. The molecule has 1 N–H and O–H groups in total. The van der Waals surface area contributed by atoms with Crippen LogP contribution < -0.4 is 10.1 Å². The second-order valence-corrected chi connectivity index (χ2v) is 5.89. The van der Waals surface area contributed by atoms with Crippen LogP contribution in [-0.4, -0.2) is 32.1 Å². The van der Waals surface area contributed by atoms with Gasteiger partial charge in [-0.1, -0.05) is 48.0 Å². The molecule has 2 aromatic rings. The Labute approximate surface area is 151 Å². The predicted octanol–water partition coefficient (Wildman–Crippen LogP) is 2.79. The van der Waals surface area contributed by atoms with Crippen molar-refractivity contribution in [2.45, 2.75) is 18.9 Å². The number of carbonyl (C=O) groups is 2. The Morgan fingerprint density at radius 3 is 2.40 bits per heavy atom. The number of methoxy groups -OCH3 is 2. The minimum absolute atomic E-state index is 0.192. The number of carbonyl (C=O) groups excluding carboxylic acids is 2. The molecule has 1 amide bonds. The lowest BCUT2D eigenvalue weighted by Gasteiger charge is -2.17. The van der Waals surface area contributed by atoms with Crippen LogP contribution >= 0.6 is 11.6 Å². The van der Waals surface area contributed by atoms with E-state index in [2.05, 4.69) is 5.32 Å². The zero-order valence-corrected chi connectivity index (χ0v) is 14.9. The summed E-state index contributed by atoms with van der Waals surface area (Å²) >= 11 is 6.11. The molecule has 2 aromatic carbocycles. The van der Waals surface area contributed by atoms with Crippen molar-refractivity contribution < 1.29 is 19.1 Å². The molecule has 0 bridgehead atoms. The van der Waals surface area contributed by atoms with Crippen LogP contribution in [0.25, 0.3) is 0 Å². The number of halogens is 1. The lowest BCUT2D eigenvalue weighted by atomic mass is 10.0. The van der Waals surface area contributed by atoms with Crippen LogP contribution in [-0.2, 0) is 27.2 Å². The first-order valence-corrected chi connectivity index (χ1v) is 8.14. The third-order valence-electron chi connectivity index (χ3n) is 3.68. The van der Waals surface area contributed by atoms with Crippen molar-refractivity contribution in [2.75, 3.05) is 14.2 Å². The first kappa shape index (κ1) is 18.8. The average molecular weight is 362 g/mol. The summed E-state index contributed by atoms with van der Waals surface area (Å²) in [6.07, 6.45) is 0.467. The molecule has 132 valence electrons. The molecule has 0 fully saturated rings. The van der Waals surface area contributed by atoms with Gasteiger partial charge in [-0.05, 0) is 23.3 Å². The fourth-order valence-corrected chi connectivity index (χ4v) is 2.72. The monoisotopic (exact) mass is 361 g/mol. The average Bonchev–Trinajstić information content (AvgIpc) is 2.61. The molecular weight excluding hydrogens is 342 g/mol. The van der Waals surface area contributed by atoms with Crippen molar-refractivity contribution in [3.8, 4) is 5.75 Å². The fourth-order valence-electron chi connectivity index (χ4n) is 2.43. The molecule has 0 aromatic heterocycles. The highest BCUT2D eigenvalue weighted by Crippen LogP contribution is 2.25. The van der Waals surface area contributed by atoms with Crippen LogP contribution in [0.15, 0.2) is 48.5 Å². The molecule has 25 heavy (non-hydrogen) atoms. The summed E-state index contributed by atoms with van der Waals surface area (Å²) < 4.78 is 9.91. The van der Waals surface area contributed by atoms with E-state index in [1.807, 2.05) is 30.3 Å². The number of rotatable bonds is 7. The number of ether oxygens (including phenoxy) is 2. The number of hydrogen-bond acceptors (Lipinski definition) is 4. The van der Waals surface area contributed by atoms with Crippen molar-refractivity contribution >= 4 is 23.5 Å². The number of amides is 1. The van der Waals surface area contributed by atoms with E-state index >= 15 is 0 Å². The van der Waals surface area contributed by atoms with E-state index < -0.39 is 12.0 Å². The van der Waals surface area contributed by atoms with E-state index in [9.17, 15) is 9.59 Å². The molecular formula is C19H20ClNO4. The van der Waals surface area contributed by atoms with Gasteiger partial charge in [0.2, 0.25) is 5.91 Å². The Kier molecular flexibility index (Phi) is 6.83. The number of hydrogen-bond donors (Lipinski definition) is 1. The third-order valence-corrected chi connectivity index (χ3v) is 3.98. The lowest BCUT2D eigenvalue weighted by molar-refractivity contribution is -0.145. The number of esters is 1. The summed E-state index contributed by atoms with van der Waals surface area (Å²) in [6.45, 7) is 0. The van der Waals surface area contributed by atoms with E-state index in [0.717, 1.165) is 11.1 Å². The molecule has 0 aliphatic carbocycles. The Balaban J connectivity index is 2.07. The summed E-state index contributed by atoms with van der Waals surface area (Å²) in [5.74, 6) is -0.206. The summed E-state index contributed by atoms with van der Waals surface area (Å²) in [5.41, 5.74) is 1.66. The van der Waals surface area contributed by atoms with E-state index in [1.54, 1.807) is 18.2 Å². The smallest absolute Gasteiger partial charge is 0.328 e. The highest BCUT2D eigenvalue weighted by atomic mass is 35.5. The largest absolute Gasteiger partial charge is 0.495 e. The molecule has 0 heterocycles. The topological polar surface area (TPSA) is 64.6 Å². The van der Waals surface area contributed by atoms with E-state index in [1.165, 1.54) is 14.2 Å². The molecule has 0 spiro atoms. The quantitative estimate of drug-likeness (QED) is 0.770. The molecule has 0 aliphatic rings. The van der Waals surface area contributed by atoms with Gasteiger partial charge in [0.1, 0.15) is 11.8 Å². The number of nitrogens with one attached hydrogen (secondary N) is 1. The van der Waals surface area contributed by atoms with Gasteiger partial charge in [0.05, 0.1) is 25.7 Å². The van der Waals surface area contributed by atoms with E-state index in [0.29, 0.717) is 10.8 Å². The summed E-state index contributed by atoms with van der Waals surface area (Å²) in [5, 5.41) is 3.17. The molecule has 5 nitrogen and oxygen atoms in total. The summed E-state index contributed by atoms with van der Waals surface area (Å²) in [4.78, 5) is 24.3. The van der Waals surface area contributed by atoms with Crippen molar-refractivity contribution in [1.29, 1.82) is 0 Å². The van der Waals surface area contributed by atoms with E-state index in [4.69, 9.17) is 21.1 Å². The predicted molar refractivity (Wildman–Crippen MR) is 95.8 cm³/mol. The Bertz CT molecular complexity index is 733. The summed E-state index contributed by atoms with van der Waals surface area (Å²) in [6, 6.07) is 13.8. The fraction of sp³-hybridized carbons (Fsp3) is 0.263. The maximum atomic E-state index is 12.2. The highest BCUT2D eigenvalue weighted by Gasteiger charge is 2.22. The van der Waals surface area contributed by atoms with Gasteiger partial charge in [-0.3, -0.25) is 4.79 Å². The van der Waals surface area contributed by atoms with Gasteiger partial charge < -0.3 is 14.8 Å². The molecule has 0 saturated heterocycles. The van der Waals surface area contributed by atoms with Crippen molar-refractivity contribution in [3.63, 3.8) is 0 Å². The van der Waals surface area contributed by atoms with Crippen LogP contribution in [0, 0.1) is 0 Å². The van der Waals surface area contributed by atoms with Gasteiger partial charge in [-0.25, -0.2) is 4.79 Å². The van der Waals surface area contributed by atoms with Gasteiger partial charge in [-0.2, -0.15) is 0 Å². The second-order valence-electron chi connectivity index (χ2n) is 5.48. The van der Waals surface area contributed by atoms with Crippen molar-refractivity contribution in [2.24, 2.45) is 0 Å². The molecule has 6 heteroatoms. The Morgan fingerprint density at radius 1 is 1.08 bits per heavy atom. The second kappa shape index (κ2) is 9.08.